The van der Waals surface area contributed by atoms with Crippen molar-refractivity contribution in [1.82, 2.24) is 0 Å². The van der Waals surface area contributed by atoms with E-state index in [2.05, 4.69) is 83.3 Å². The zero-order valence-electron chi connectivity index (χ0n) is 10.2. The maximum Gasteiger partial charge on any atom is 0.141 e. The molecule has 18 heavy (non-hydrogen) atoms. The molecule has 1 aliphatic rings. The van der Waals surface area contributed by atoms with Gasteiger partial charge in [0.05, 0.1) is 3.57 Å². The minimum Gasteiger partial charge on any atom is -0.487 e. The van der Waals surface area contributed by atoms with Gasteiger partial charge in [-0.25, -0.2) is 0 Å². The van der Waals surface area contributed by atoms with Gasteiger partial charge in [0.15, 0.2) is 0 Å². The van der Waals surface area contributed by atoms with Crippen LogP contribution in [0.3, 0.4) is 0 Å². The number of ether oxygens (including phenoxy) is 1. The summed E-state index contributed by atoms with van der Waals surface area (Å²) in [6.45, 7) is 4.96. The standard InChI is InChI=1S/C15H12I2O/c1-8-3-5-10-11-6-4-9(2)14(17)15(11)18-7-12(10)13(8)16/h3-6H,7H2,1-2H3. The highest BCUT2D eigenvalue weighted by molar-refractivity contribution is 14.1. The van der Waals surface area contributed by atoms with Gasteiger partial charge in [-0.15, -0.1) is 0 Å². The van der Waals surface area contributed by atoms with Gasteiger partial charge < -0.3 is 4.74 Å². The van der Waals surface area contributed by atoms with E-state index in [1.54, 1.807) is 0 Å². The van der Waals surface area contributed by atoms with Crippen LogP contribution in [0.1, 0.15) is 16.7 Å². The molecule has 0 N–H and O–H groups in total. The highest BCUT2D eigenvalue weighted by Gasteiger charge is 2.22. The molecule has 0 fully saturated rings. The van der Waals surface area contributed by atoms with Gasteiger partial charge in [-0.2, -0.15) is 0 Å². The van der Waals surface area contributed by atoms with E-state index in [9.17, 15) is 0 Å². The minimum atomic E-state index is 0.682. The first-order valence-corrected chi connectivity index (χ1v) is 7.95. The van der Waals surface area contributed by atoms with E-state index in [0.717, 1.165) is 5.75 Å². The first-order valence-electron chi connectivity index (χ1n) is 5.80. The second-order valence-electron chi connectivity index (χ2n) is 4.58. The van der Waals surface area contributed by atoms with Crippen molar-refractivity contribution in [3.63, 3.8) is 0 Å². The highest BCUT2D eigenvalue weighted by atomic mass is 127. The van der Waals surface area contributed by atoms with Gasteiger partial charge in [-0.05, 0) is 75.7 Å². The van der Waals surface area contributed by atoms with Crippen molar-refractivity contribution in [3.8, 4) is 16.9 Å². The number of halogens is 2. The van der Waals surface area contributed by atoms with E-state index >= 15 is 0 Å². The molecule has 2 aromatic rings. The van der Waals surface area contributed by atoms with Gasteiger partial charge in [0.25, 0.3) is 0 Å². The first kappa shape index (κ1) is 12.7. The smallest absolute Gasteiger partial charge is 0.141 e. The fraction of sp³-hybridized carbons (Fsp3) is 0.200. The zero-order valence-corrected chi connectivity index (χ0v) is 14.5. The number of fused-ring (bicyclic) bond motifs is 3. The molecule has 0 radical (unpaired) electrons. The Morgan fingerprint density at radius 2 is 1.50 bits per heavy atom. The molecule has 2 aromatic carbocycles. The summed E-state index contributed by atoms with van der Waals surface area (Å²) < 4.78 is 8.54. The van der Waals surface area contributed by atoms with E-state index in [0.29, 0.717) is 6.61 Å². The Kier molecular flexibility index (Phi) is 3.30. The zero-order chi connectivity index (χ0) is 12.9. The van der Waals surface area contributed by atoms with Crippen molar-refractivity contribution in [2.75, 3.05) is 0 Å². The predicted molar refractivity (Wildman–Crippen MR) is 91.1 cm³/mol. The van der Waals surface area contributed by atoms with Crippen molar-refractivity contribution in [2.45, 2.75) is 20.5 Å². The molecule has 1 nitrogen and oxygen atoms in total. The third kappa shape index (κ3) is 1.86. The molecule has 92 valence electrons. The Hall–Kier alpha value is -0.300. The lowest BCUT2D eigenvalue weighted by Crippen LogP contribution is -2.09. The second kappa shape index (κ2) is 4.67. The predicted octanol–water partition coefficient (Wildman–Crippen LogP) is 5.07. The quantitative estimate of drug-likeness (QED) is 0.497. The van der Waals surface area contributed by atoms with Crippen LogP contribution in [0, 0.1) is 21.0 Å². The van der Waals surface area contributed by atoms with Crippen LogP contribution in [-0.4, -0.2) is 0 Å². The number of hydrogen-bond acceptors (Lipinski definition) is 1. The third-order valence-corrected chi connectivity index (χ3v) is 6.22. The molecule has 0 bridgehead atoms. The molecule has 0 atom stereocenters. The van der Waals surface area contributed by atoms with Crippen LogP contribution in [-0.2, 0) is 6.61 Å². The molecule has 0 aromatic heterocycles. The van der Waals surface area contributed by atoms with Crippen LogP contribution in [0.2, 0.25) is 0 Å². The monoisotopic (exact) mass is 462 g/mol. The Bertz CT molecular complexity index is 590. The molecule has 0 amide bonds. The number of aryl methyl sites for hydroxylation is 2. The molecule has 0 aliphatic carbocycles. The average Bonchev–Trinajstić information content (AvgIpc) is 2.38. The topological polar surface area (TPSA) is 9.23 Å². The molecule has 3 heteroatoms. The summed E-state index contributed by atoms with van der Waals surface area (Å²) in [5.41, 5.74) is 6.47. The van der Waals surface area contributed by atoms with Gasteiger partial charge in [0.1, 0.15) is 12.4 Å². The van der Waals surface area contributed by atoms with Crippen LogP contribution >= 0.6 is 45.2 Å². The average molecular weight is 462 g/mol. The molecule has 0 saturated heterocycles. The summed E-state index contributed by atoms with van der Waals surface area (Å²) >= 11 is 4.80. The molecule has 1 heterocycles. The van der Waals surface area contributed by atoms with Crippen molar-refractivity contribution in [2.24, 2.45) is 0 Å². The summed E-state index contributed by atoms with van der Waals surface area (Å²) in [7, 11) is 0. The highest BCUT2D eigenvalue weighted by Crippen LogP contribution is 2.43. The first-order chi connectivity index (χ1) is 8.59. The molecule has 0 spiro atoms. The maximum atomic E-state index is 5.99. The van der Waals surface area contributed by atoms with Crippen LogP contribution in [0.25, 0.3) is 11.1 Å². The molecular formula is C15H12I2O. The van der Waals surface area contributed by atoms with E-state index < -0.39 is 0 Å². The fourth-order valence-electron chi connectivity index (χ4n) is 2.28. The van der Waals surface area contributed by atoms with Gasteiger partial charge >= 0.3 is 0 Å². The Balaban J connectivity index is 2.31. The summed E-state index contributed by atoms with van der Waals surface area (Å²) in [5, 5.41) is 0. The van der Waals surface area contributed by atoms with Crippen molar-refractivity contribution < 1.29 is 4.74 Å². The van der Waals surface area contributed by atoms with E-state index in [1.807, 2.05) is 0 Å². The summed E-state index contributed by atoms with van der Waals surface area (Å²) in [4.78, 5) is 0. The SMILES string of the molecule is Cc1ccc2c(c1I)COc1c-2ccc(C)c1I. The largest absolute Gasteiger partial charge is 0.487 e. The Labute approximate surface area is 134 Å². The molecule has 0 unspecified atom stereocenters. The summed E-state index contributed by atoms with van der Waals surface area (Å²) in [5.74, 6) is 1.04. The van der Waals surface area contributed by atoms with Crippen molar-refractivity contribution in [3.05, 3.63) is 48.1 Å². The van der Waals surface area contributed by atoms with E-state index in [-0.39, 0.29) is 0 Å². The normalized spacial score (nSPS) is 12.7. The van der Waals surface area contributed by atoms with Crippen LogP contribution < -0.4 is 4.74 Å². The molecule has 0 saturated carbocycles. The van der Waals surface area contributed by atoms with Crippen molar-refractivity contribution >= 4 is 45.2 Å². The third-order valence-electron chi connectivity index (χ3n) is 3.38. The maximum absolute atomic E-state index is 5.99. The lowest BCUT2D eigenvalue weighted by atomic mass is 9.95. The van der Waals surface area contributed by atoms with E-state index in [1.165, 1.54) is 35.0 Å². The Morgan fingerprint density at radius 1 is 0.889 bits per heavy atom. The summed E-state index contributed by atoms with van der Waals surface area (Å²) in [6, 6.07) is 8.77. The van der Waals surface area contributed by atoms with Gasteiger partial charge in [-0.3, -0.25) is 0 Å². The minimum absolute atomic E-state index is 0.682. The van der Waals surface area contributed by atoms with Crippen LogP contribution in [0.5, 0.6) is 5.75 Å². The van der Waals surface area contributed by atoms with Gasteiger partial charge in [-0.1, -0.05) is 24.3 Å². The second-order valence-corrected chi connectivity index (χ2v) is 6.74. The Morgan fingerprint density at radius 3 is 2.22 bits per heavy atom. The number of rotatable bonds is 0. The van der Waals surface area contributed by atoms with Crippen LogP contribution in [0.15, 0.2) is 24.3 Å². The van der Waals surface area contributed by atoms with E-state index in [4.69, 9.17) is 4.74 Å². The summed E-state index contributed by atoms with van der Waals surface area (Å²) in [6.07, 6.45) is 0. The number of hydrogen-bond donors (Lipinski definition) is 0. The fourth-order valence-corrected chi connectivity index (χ4v) is 3.54. The lowest BCUT2D eigenvalue weighted by Gasteiger charge is -2.24. The molecule has 3 rings (SSSR count). The van der Waals surface area contributed by atoms with Gasteiger partial charge in [0, 0.05) is 14.7 Å². The van der Waals surface area contributed by atoms with Gasteiger partial charge in [0.2, 0.25) is 0 Å². The molecule has 1 aliphatic heterocycles. The number of benzene rings is 2. The van der Waals surface area contributed by atoms with Crippen molar-refractivity contribution in [1.29, 1.82) is 0 Å². The van der Waals surface area contributed by atoms with Crippen LogP contribution in [0.4, 0.5) is 0 Å². The molecular weight excluding hydrogens is 450 g/mol. The lowest BCUT2D eigenvalue weighted by molar-refractivity contribution is 0.299.